The lowest BCUT2D eigenvalue weighted by Gasteiger charge is -2.17. The Hall–Kier alpha value is -1.67. The summed E-state index contributed by atoms with van der Waals surface area (Å²) < 4.78 is 43.0. The fourth-order valence-electron chi connectivity index (χ4n) is 1.80. The van der Waals surface area contributed by atoms with Gasteiger partial charge in [-0.25, -0.2) is 4.98 Å². The molecule has 1 unspecified atom stereocenters. The van der Waals surface area contributed by atoms with Crippen molar-refractivity contribution < 1.29 is 17.9 Å². The number of pyridine rings is 1. The molecule has 1 atom stereocenters. The number of hydrogen-bond donors (Lipinski definition) is 1. The molecular weight excluding hydrogens is 291 g/mol. The highest BCUT2D eigenvalue weighted by Gasteiger charge is 2.35. The van der Waals surface area contributed by atoms with E-state index < -0.39 is 17.2 Å². The highest BCUT2D eigenvalue weighted by molar-refractivity contribution is 7.11. The van der Waals surface area contributed by atoms with Crippen molar-refractivity contribution in [1.82, 2.24) is 15.3 Å². The minimum absolute atomic E-state index is 0.429. The molecule has 0 spiro atoms. The summed E-state index contributed by atoms with van der Waals surface area (Å²) in [5, 5.41) is 2.11. The Balaban J connectivity index is 2.40. The lowest BCUT2D eigenvalue weighted by molar-refractivity contribution is -0.137. The lowest BCUT2D eigenvalue weighted by atomic mass is 10.1. The number of alkyl halides is 3. The number of hydrogen-bond acceptors (Lipinski definition) is 5. The van der Waals surface area contributed by atoms with Gasteiger partial charge in [-0.15, -0.1) is 11.3 Å². The largest absolute Gasteiger partial charge is 0.495 e. The van der Waals surface area contributed by atoms with Crippen molar-refractivity contribution in [3.05, 3.63) is 40.1 Å². The zero-order valence-electron chi connectivity index (χ0n) is 10.7. The molecule has 4 nitrogen and oxygen atoms in total. The molecule has 108 valence electrons. The quantitative estimate of drug-likeness (QED) is 0.943. The molecule has 0 aliphatic carbocycles. The van der Waals surface area contributed by atoms with Crippen LogP contribution in [-0.4, -0.2) is 24.1 Å². The zero-order chi connectivity index (χ0) is 14.8. The fraction of sp³-hybridized carbons (Fsp3) is 0.333. The van der Waals surface area contributed by atoms with Crippen LogP contribution in [0.1, 0.15) is 21.5 Å². The minimum atomic E-state index is -4.43. The molecule has 0 saturated heterocycles. The summed E-state index contributed by atoms with van der Waals surface area (Å²) in [4.78, 5) is 7.82. The fourth-order valence-corrected chi connectivity index (χ4v) is 2.71. The normalized spacial score (nSPS) is 13.2. The van der Waals surface area contributed by atoms with Gasteiger partial charge in [-0.3, -0.25) is 4.98 Å². The van der Waals surface area contributed by atoms with E-state index in [2.05, 4.69) is 15.3 Å². The highest BCUT2D eigenvalue weighted by atomic mass is 32.1. The lowest BCUT2D eigenvalue weighted by Crippen LogP contribution is -2.17. The Kier molecular flexibility index (Phi) is 4.24. The summed E-state index contributed by atoms with van der Waals surface area (Å²) in [6, 6.07) is 1.27. The summed E-state index contributed by atoms with van der Waals surface area (Å²) in [7, 11) is 3.15. The van der Waals surface area contributed by atoms with Crippen molar-refractivity contribution in [2.75, 3.05) is 14.2 Å². The number of thiazole rings is 1. The summed E-state index contributed by atoms with van der Waals surface area (Å²) in [5.74, 6) is 0.508. The first-order valence-corrected chi connectivity index (χ1v) is 6.47. The highest BCUT2D eigenvalue weighted by Crippen LogP contribution is 2.37. The molecule has 0 saturated carbocycles. The molecule has 0 aromatic carbocycles. The van der Waals surface area contributed by atoms with Crippen molar-refractivity contribution >= 4 is 11.3 Å². The molecule has 2 aromatic rings. The number of ether oxygens (including phenoxy) is 1. The van der Waals surface area contributed by atoms with Gasteiger partial charge in [-0.1, -0.05) is 0 Å². The zero-order valence-corrected chi connectivity index (χ0v) is 11.5. The van der Waals surface area contributed by atoms with Gasteiger partial charge in [0, 0.05) is 22.8 Å². The van der Waals surface area contributed by atoms with Gasteiger partial charge in [0.1, 0.15) is 5.75 Å². The Morgan fingerprint density at radius 2 is 2.10 bits per heavy atom. The number of aromatic nitrogens is 2. The second kappa shape index (κ2) is 5.76. The third-order valence-electron chi connectivity index (χ3n) is 2.69. The number of rotatable bonds is 4. The van der Waals surface area contributed by atoms with Gasteiger partial charge in [0.15, 0.2) is 5.01 Å². The predicted octanol–water partition coefficient (Wildman–Crippen LogP) is 2.87. The maximum atomic E-state index is 12.6. The molecule has 2 heterocycles. The minimum Gasteiger partial charge on any atom is -0.495 e. The van der Waals surface area contributed by atoms with Crippen LogP contribution in [0.5, 0.6) is 5.75 Å². The van der Waals surface area contributed by atoms with Crippen LogP contribution in [0.25, 0.3) is 0 Å². The van der Waals surface area contributed by atoms with E-state index in [0.717, 1.165) is 0 Å². The topological polar surface area (TPSA) is 47.0 Å². The van der Waals surface area contributed by atoms with E-state index in [9.17, 15) is 13.2 Å². The number of methoxy groups -OCH3 is 1. The van der Waals surface area contributed by atoms with Gasteiger partial charge in [0.2, 0.25) is 0 Å². The molecule has 0 radical (unpaired) electrons. The van der Waals surface area contributed by atoms with E-state index in [-0.39, 0.29) is 0 Å². The maximum Gasteiger partial charge on any atom is 0.443 e. The predicted molar refractivity (Wildman–Crippen MR) is 68.8 cm³/mol. The summed E-state index contributed by atoms with van der Waals surface area (Å²) in [5.41, 5.74) is 0.711. The smallest absolute Gasteiger partial charge is 0.443 e. The molecule has 8 heteroatoms. The molecule has 2 rings (SSSR count). The summed E-state index contributed by atoms with van der Waals surface area (Å²) >= 11 is 0.612. The molecule has 0 amide bonds. The van der Waals surface area contributed by atoms with E-state index in [1.165, 1.54) is 19.5 Å². The second-order valence-electron chi connectivity index (χ2n) is 3.90. The summed E-state index contributed by atoms with van der Waals surface area (Å²) in [6.45, 7) is 0. The molecular formula is C12H12F3N3OS. The Morgan fingerprint density at radius 1 is 1.35 bits per heavy atom. The molecule has 0 aliphatic heterocycles. The van der Waals surface area contributed by atoms with Gasteiger partial charge >= 0.3 is 6.18 Å². The third-order valence-corrected chi connectivity index (χ3v) is 3.79. The second-order valence-corrected chi connectivity index (χ2v) is 4.97. The Bertz CT molecular complexity index is 585. The monoisotopic (exact) mass is 303 g/mol. The molecule has 20 heavy (non-hydrogen) atoms. The Morgan fingerprint density at radius 3 is 2.65 bits per heavy atom. The van der Waals surface area contributed by atoms with E-state index in [4.69, 9.17) is 4.74 Å². The van der Waals surface area contributed by atoms with Crippen LogP contribution in [-0.2, 0) is 6.18 Å². The molecule has 0 aliphatic rings. The third kappa shape index (κ3) is 2.91. The molecule has 2 aromatic heterocycles. The first kappa shape index (κ1) is 14.7. The van der Waals surface area contributed by atoms with Gasteiger partial charge in [0.05, 0.1) is 19.3 Å². The number of nitrogens with zero attached hydrogens (tertiary/aromatic N) is 2. The van der Waals surface area contributed by atoms with E-state index >= 15 is 0 Å². The average Bonchev–Trinajstić information content (AvgIpc) is 2.90. The van der Waals surface area contributed by atoms with Gasteiger partial charge < -0.3 is 10.1 Å². The van der Waals surface area contributed by atoms with Crippen LogP contribution >= 0.6 is 11.3 Å². The van der Waals surface area contributed by atoms with Gasteiger partial charge in [-0.2, -0.15) is 13.2 Å². The van der Waals surface area contributed by atoms with Crippen molar-refractivity contribution in [3.8, 4) is 5.75 Å². The average molecular weight is 303 g/mol. The number of nitrogens with one attached hydrogen (secondary N) is 1. The van der Waals surface area contributed by atoms with Crippen molar-refractivity contribution in [3.63, 3.8) is 0 Å². The molecule has 0 fully saturated rings. The van der Waals surface area contributed by atoms with E-state index in [1.54, 1.807) is 19.3 Å². The maximum absolute atomic E-state index is 12.6. The van der Waals surface area contributed by atoms with Gasteiger partial charge in [-0.05, 0) is 13.1 Å². The van der Waals surface area contributed by atoms with Crippen LogP contribution in [0.15, 0.2) is 24.7 Å². The van der Waals surface area contributed by atoms with Crippen LogP contribution in [0.2, 0.25) is 0 Å². The van der Waals surface area contributed by atoms with Crippen LogP contribution in [0, 0.1) is 0 Å². The SMILES string of the molecule is CNC(c1cnc(C(F)(F)F)s1)c1ccncc1OC. The van der Waals surface area contributed by atoms with E-state index in [1.807, 2.05) is 0 Å². The molecule has 1 N–H and O–H groups in total. The van der Waals surface area contributed by atoms with Crippen LogP contribution < -0.4 is 10.1 Å². The van der Waals surface area contributed by atoms with Crippen molar-refractivity contribution in [2.24, 2.45) is 0 Å². The van der Waals surface area contributed by atoms with E-state index in [0.29, 0.717) is 27.5 Å². The Labute approximate surface area is 117 Å². The van der Waals surface area contributed by atoms with Crippen molar-refractivity contribution in [1.29, 1.82) is 0 Å². The van der Waals surface area contributed by atoms with Gasteiger partial charge in [0.25, 0.3) is 0 Å². The first-order chi connectivity index (χ1) is 9.47. The number of halogens is 3. The standard InChI is InChI=1S/C12H12F3N3OS/c1-16-10(7-3-4-17-5-8(7)19-2)9-6-18-11(20-9)12(13,14)15/h3-6,10,16H,1-2H3. The van der Waals surface area contributed by atoms with Crippen LogP contribution in [0.4, 0.5) is 13.2 Å². The first-order valence-electron chi connectivity index (χ1n) is 5.65. The molecule has 0 bridgehead atoms. The van der Waals surface area contributed by atoms with Crippen molar-refractivity contribution in [2.45, 2.75) is 12.2 Å². The van der Waals surface area contributed by atoms with Crippen LogP contribution in [0.3, 0.4) is 0 Å². The summed E-state index contributed by atoms with van der Waals surface area (Å²) in [6.07, 6.45) is -0.114.